The Labute approximate surface area is 236 Å². The molecule has 2 atom stereocenters. The molecule has 0 saturated carbocycles. The number of nitrogens with zero attached hydrogens (tertiary/aromatic N) is 2. The third kappa shape index (κ3) is 6.86. The van der Waals surface area contributed by atoms with Crippen LogP contribution in [0.5, 0.6) is 0 Å². The minimum absolute atomic E-state index is 0.110. The standard InChI is InChI=1S/C30H29ClN4O5/c1-18-26(33-30(39)40-19(2)21-7-5-4-6-8-21)27(35(3)34-18)22-11-13-23(14-12-22)28(36)32-25(29(37)38)17-20-9-15-24(31)16-10-20/h4-16,19,25H,17H2,1-3H3,(H,32,36)(H,33,39)(H,37,38)/t19-,25-/m1/s1. The number of carboxylic acid groups (broad SMARTS) is 1. The van der Waals surface area contributed by atoms with Crippen molar-refractivity contribution in [2.24, 2.45) is 7.05 Å². The number of halogens is 1. The second-order valence-corrected chi connectivity index (χ2v) is 9.72. The van der Waals surface area contributed by atoms with Crippen LogP contribution in [0.3, 0.4) is 0 Å². The van der Waals surface area contributed by atoms with E-state index in [4.69, 9.17) is 16.3 Å². The molecular formula is C30H29ClN4O5. The summed E-state index contributed by atoms with van der Waals surface area (Å²) in [4.78, 5) is 37.4. The molecule has 9 nitrogen and oxygen atoms in total. The number of rotatable bonds is 9. The van der Waals surface area contributed by atoms with Gasteiger partial charge < -0.3 is 15.2 Å². The number of carbonyl (C=O) groups is 3. The molecule has 0 saturated heterocycles. The van der Waals surface area contributed by atoms with Crippen molar-refractivity contribution < 1.29 is 24.2 Å². The van der Waals surface area contributed by atoms with E-state index >= 15 is 0 Å². The van der Waals surface area contributed by atoms with E-state index in [1.807, 2.05) is 30.3 Å². The van der Waals surface area contributed by atoms with Gasteiger partial charge in [0.15, 0.2) is 0 Å². The second kappa shape index (κ2) is 12.5. The Balaban J connectivity index is 1.47. The van der Waals surface area contributed by atoms with E-state index in [0.29, 0.717) is 27.7 Å². The van der Waals surface area contributed by atoms with Crippen LogP contribution in [0.2, 0.25) is 5.02 Å². The van der Waals surface area contributed by atoms with Gasteiger partial charge >= 0.3 is 12.1 Å². The molecule has 0 aliphatic heterocycles. The molecule has 4 rings (SSSR count). The number of nitrogens with one attached hydrogen (secondary N) is 2. The van der Waals surface area contributed by atoms with Gasteiger partial charge in [0, 0.05) is 29.6 Å². The Morgan fingerprint density at radius 1 is 1.00 bits per heavy atom. The molecule has 4 aromatic rings. The van der Waals surface area contributed by atoms with Gasteiger partial charge in [-0.2, -0.15) is 5.10 Å². The molecule has 0 aliphatic carbocycles. The Kier molecular flexibility index (Phi) is 8.86. The van der Waals surface area contributed by atoms with Crippen LogP contribution in [0.1, 0.15) is 40.2 Å². The quantitative estimate of drug-likeness (QED) is 0.238. The normalized spacial score (nSPS) is 12.3. The molecule has 1 heterocycles. The van der Waals surface area contributed by atoms with Crippen molar-refractivity contribution in [1.29, 1.82) is 0 Å². The van der Waals surface area contributed by atoms with Gasteiger partial charge in [-0.3, -0.25) is 14.8 Å². The summed E-state index contributed by atoms with van der Waals surface area (Å²) in [6, 6.07) is 21.7. The first-order valence-electron chi connectivity index (χ1n) is 12.6. The first-order valence-corrected chi connectivity index (χ1v) is 12.9. The number of anilines is 1. The molecule has 0 spiro atoms. The molecular weight excluding hydrogens is 532 g/mol. The van der Waals surface area contributed by atoms with Crippen LogP contribution in [0, 0.1) is 6.92 Å². The van der Waals surface area contributed by atoms with Crippen molar-refractivity contribution in [1.82, 2.24) is 15.1 Å². The highest BCUT2D eigenvalue weighted by Crippen LogP contribution is 2.31. The number of carboxylic acids is 1. The highest BCUT2D eigenvalue weighted by atomic mass is 35.5. The van der Waals surface area contributed by atoms with E-state index in [0.717, 1.165) is 11.1 Å². The largest absolute Gasteiger partial charge is 0.480 e. The van der Waals surface area contributed by atoms with Crippen molar-refractivity contribution in [3.8, 4) is 11.3 Å². The number of hydrogen-bond acceptors (Lipinski definition) is 5. The Morgan fingerprint density at radius 3 is 2.27 bits per heavy atom. The number of aromatic nitrogens is 2. The molecule has 3 aromatic carbocycles. The van der Waals surface area contributed by atoms with E-state index in [9.17, 15) is 19.5 Å². The van der Waals surface area contributed by atoms with Crippen molar-refractivity contribution in [2.45, 2.75) is 32.4 Å². The highest BCUT2D eigenvalue weighted by molar-refractivity contribution is 6.30. The fraction of sp³-hybridized carbons (Fsp3) is 0.200. The van der Waals surface area contributed by atoms with Gasteiger partial charge in [0.2, 0.25) is 0 Å². The van der Waals surface area contributed by atoms with Crippen molar-refractivity contribution in [2.75, 3.05) is 5.32 Å². The van der Waals surface area contributed by atoms with Crippen LogP contribution in [0.4, 0.5) is 10.5 Å². The van der Waals surface area contributed by atoms with Crippen LogP contribution in [-0.2, 0) is 23.0 Å². The molecule has 0 unspecified atom stereocenters. The molecule has 3 N–H and O–H groups in total. The zero-order chi connectivity index (χ0) is 28.8. The zero-order valence-electron chi connectivity index (χ0n) is 22.2. The summed E-state index contributed by atoms with van der Waals surface area (Å²) in [5.41, 5.74) is 4.29. The fourth-order valence-electron chi connectivity index (χ4n) is 4.30. The lowest BCUT2D eigenvalue weighted by atomic mass is 10.0. The number of aliphatic carboxylic acids is 1. The number of hydrogen-bond donors (Lipinski definition) is 3. The Morgan fingerprint density at radius 2 is 1.65 bits per heavy atom. The zero-order valence-corrected chi connectivity index (χ0v) is 23.0. The van der Waals surface area contributed by atoms with Crippen molar-refractivity contribution >= 4 is 35.3 Å². The summed E-state index contributed by atoms with van der Waals surface area (Å²) in [5, 5.41) is 20.0. The van der Waals surface area contributed by atoms with Gasteiger partial charge in [0.25, 0.3) is 5.91 Å². The van der Waals surface area contributed by atoms with Crippen molar-refractivity contribution in [3.05, 3.63) is 106 Å². The smallest absolute Gasteiger partial charge is 0.412 e. The van der Waals surface area contributed by atoms with Gasteiger partial charge in [0.1, 0.15) is 12.1 Å². The Hall–Kier alpha value is -4.63. The molecule has 10 heteroatoms. The molecule has 0 bridgehead atoms. The van der Waals surface area contributed by atoms with E-state index in [-0.39, 0.29) is 12.0 Å². The molecule has 2 amide bonds. The van der Waals surface area contributed by atoms with Crippen LogP contribution in [-0.4, -0.2) is 38.9 Å². The van der Waals surface area contributed by atoms with E-state index in [2.05, 4.69) is 15.7 Å². The molecule has 1 aromatic heterocycles. The van der Waals surface area contributed by atoms with Gasteiger partial charge in [-0.1, -0.05) is 66.2 Å². The van der Waals surface area contributed by atoms with Crippen molar-refractivity contribution in [3.63, 3.8) is 0 Å². The minimum atomic E-state index is -1.14. The summed E-state index contributed by atoms with van der Waals surface area (Å²) >= 11 is 5.90. The summed E-state index contributed by atoms with van der Waals surface area (Å²) < 4.78 is 7.19. The number of carbonyl (C=O) groups excluding carboxylic acids is 2. The summed E-state index contributed by atoms with van der Waals surface area (Å²) in [6.07, 6.45) is -0.961. The SMILES string of the molecule is Cc1nn(C)c(-c2ccc(C(=O)N[C@H](Cc3ccc(Cl)cc3)C(=O)O)cc2)c1NC(=O)O[C@H](C)c1ccccc1. The monoisotopic (exact) mass is 560 g/mol. The number of amides is 2. The highest BCUT2D eigenvalue weighted by Gasteiger charge is 2.23. The molecule has 0 fully saturated rings. The van der Waals surface area contributed by atoms with Crippen LogP contribution in [0.25, 0.3) is 11.3 Å². The first kappa shape index (κ1) is 28.4. The average Bonchev–Trinajstić information content (AvgIpc) is 3.21. The lowest BCUT2D eigenvalue weighted by Gasteiger charge is -2.16. The maximum atomic E-state index is 12.9. The fourth-order valence-corrected chi connectivity index (χ4v) is 4.43. The minimum Gasteiger partial charge on any atom is -0.480 e. The number of aryl methyl sites for hydroxylation is 2. The second-order valence-electron chi connectivity index (χ2n) is 9.29. The van der Waals surface area contributed by atoms with Gasteiger partial charge in [0.05, 0.1) is 17.1 Å². The van der Waals surface area contributed by atoms with Crippen LogP contribution in [0.15, 0.2) is 78.9 Å². The predicted octanol–water partition coefficient (Wildman–Crippen LogP) is 5.78. The Bertz CT molecular complexity index is 1500. The maximum Gasteiger partial charge on any atom is 0.412 e. The van der Waals surface area contributed by atoms with E-state index in [1.165, 1.54) is 0 Å². The first-order chi connectivity index (χ1) is 19.1. The van der Waals surface area contributed by atoms with Crippen LogP contribution < -0.4 is 10.6 Å². The van der Waals surface area contributed by atoms with E-state index in [1.54, 1.807) is 74.1 Å². The number of benzene rings is 3. The summed E-state index contributed by atoms with van der Waals surface area (Å²) in [5.74, 6) is -1.67. The van der Waals surface area contributed by atoms with Gasteiger partial charge in [-0.05, 0) is 49.2 Å². The third-order valence-electron chi connectivity index (χ3n) is 6.38. The van der Waals surface area contributed by atoms with Gasteiger partial charge in [-0.15, -0.1) is 0 Å². The molecule has 0 aliphatic rings. The number of ether oxygens (including phenoxy) is 1. The van der Waals surface area contributed by atoms with Gasteiger partial charge in [-0.25, -0.2) is 9.59 Å². The predicted molar refractivity (Wildman–Crippen MR) is 152 cm³/mol. The average molecular weight is 561 g/mol. The summed E-state index contributed by atoms with van der Waals surface area (Å²) in [6.45, 7) is 3.56. The topological polar surface area (TPSA) is 123 Å². The molecule has 0 radical (unpaired) electrons. The summed E-state index contributed by atoms with van der Waals surface area (Å²) in [7, 11) is 1.75. The maximum absolute atomic E-state index is 12.9. The lowest BCUT2D eigenvalue weighted by molar-refractivity contribution is -0.139. The molecule has 206 valence electrons. The third-order valence-corrected chi connectivity index (χ3v) is 6.63. The van der Waals surface area contributed by atoms with Crippen LogP contribution >= 0.6 is 11.6 Å². The lowest BCUT2D eigenvalue weighted by Crippen LogP contribution is -2.42. The molecule has 40 heavy (non-hydrogen) atoms. The van der Waals surface area contributed by atoms with E-state index < -0.39 is 30.1 Å².